The Morgan fingerprint density at radius 2 is 1.75 bits per heavy atom. The zero-order valence-electron chi connectivity index (χ0n) is 11.3. The molecule has 3 nitrogen and oxygen atoms in total. The van der Waals surface area contributed by atoms with E-state index in [9.17, 15) is 23.1 Å². The number of fused-ring (bicyclic) bond motifs is 2. The number of carboxylic acids is 1. The summed E-state index contributed by atoms with van der Waals surface area (Å²) in [4.78, 5) is 13.4. The molecule has 2 bridgehead atoms. The van der Waals surface area contributed by atoms with Crippen molar-refractivity contribution in [2.24, 2.45) is 11.8 Å². The van der Waals surface area contributed by atoms with Crippen LogP contribution in [0, 0.1) is 11.8 Å². The molecule has 3 aliphatic rings. The van der Waals surface area contributed by atoms with Crippen molar-refractivity contribution in [1.29, 1.82) is 0 Å². The molecule has 1 saturated carbocycles. The van der Waals surface area contributed by atoms with Crippen LogP contribution in [-0.4, -0.2) is 40.3 Å². The summed E-state index contributed by atoms with van der Waals surface area (Å²) < 4.78 is 38.7. The van der Waals surface area contributed by atoms with E-state index in [0.29, 0.717) is 12.8 Å². The van der Waals surface area contributed by atoms with Crippen LogP contribution in [0.25, 0.3) is 0 Å². The van der Waals surface area contributed by atoms with Crippen LogP contribution in [0.5, 0.6) is 0 Å². The van der Waals surface area contributed by atoms with Gasteiger partial charge in [-0.15, -0.1) is 0 Å². The maximum Gasteiger partial charge on any atom is 0.391 e. The molecule has 0 aromatic heterocycles. The van der Waals surface area contributed by atoms with Crippen molar-refractivity contribution in [1.82, 2.24) is 4.90 Å². The Morgan fingerprint density at radius 1 is 1.05 bits per heavy atom. The first kappa shape index (κ1) is 14.2. The lowest BCUT2D eigenvalue weighted by atomic mass is 9.84. The van der Waals surface area contributed by atoms with E-state index in [1.807, 2.05) is 0 Å². The summed E-state index contributed by atoms with van der Waals surface area (Å²) in [6.45, 7) is 0. The van der Waals surface area contributed by atoms with E-state index >= 15 is 0 Å². The molecular formula is C14H20F3NO2. The molecule has 2 aliphatic heterocycles. The fourth-order valence-electron chi connectivity index (χ4n) is 4.60. The van der Waals surface area contributed by atoms with Crippen LogP contribution in [0.4, 0.5) is 13.2 Å². The first-order chi connectivity index (χ1) is 9.38. The van der Waals surface area contributed by atoms with Crippen LogP contribution in [0.1, 0.15) is 44.9 Å². The summed E-state index contributed by atoms with van der Waals surface area (Å²) in [7, 11) is 0. The molecule has 0 aromatic carbocycles. The molecule has 0 radical (unpaired) electrons. The Kier molecular flexibility index (Phi) is 3.47. The average Bonchev–Trinajstić information content (AvgIpc) is 2.95. The van der Waals surface area contributed by atoms with Crippen LogP contribution in [0.15, 0.2) is 0 Å². The lowest BCUT2D eigenvalue weighted by Gasteiger charge is -2.38. The molecule has 6 heteroatoms. The minimum Gasteiger partial charge on any atom is -0.481 e. The number of hydrogen-bond acceptors (Lipinski definition) is 2. The highest BCUT2D eigenvalue weighted by Crippen LogP contribution is 2.47. The normalized spacial score (nSPS) is 42.0. The molecule has 0 aromatic rings. The molecule has 1 aliphatic carbocycles. The standard InChI is InChI=1S/C14H20F3NO2/c15-14(16,17)8-2-1-3-9(6-8)18-10-4-5-12(18)11(7-10)13(19)20/h8-12H,1-7H2,(H,19,20). The monoisotopic (exact) mass is 291 g/mol. The third kappa shape index (κ3) is 2.32. The number of hydrogen-bond donors (Lipinski definition) is 1. The van der Waals surface area contributed by atoms with Crippen LogP contribution in [0.2, 0.25) is 0 Å². The first-order valence-corrected chi connectivity index (χ1v) is 7.45. The van der Waals surface area contributed by atoms with Gasteiger partial charge in [0.2, 0.25) is 0 Å². The molecule has 0 amide bonds. The Bertz CT molecular complexity index is 398. The number of alkyl halides is 3. The number of nitrogens with zero attached hydrogens (tertiary/aromatic N) is 1. The topological polar surface area (TPSA) is 40.5 Å². The second-order valence-corrected chi connectivity index (χ2v) is 6.49. The molecule has 20 heavy (non-hydrogen) atoms. The average molecular weight is 291 g/mol. The number of halogens is 3. The van der Waals surface area contributed by atoms with E-state index in [1.54, 1.807) is 0 Å². The zero-order chi connectivity index (χ0) is 14.5. The maximum atomic E-state index is 12.9. The molecule has 114 valence electrons. The van der Waals surface area contributed by atoms with Gasteiger partial charge in [-0.05, 0) is 38.5 Å². The third-order valence-corrected chi connectivity index (χ3v) is 5.44. The van der Waals surface area contributed by atoms with Crippen LogP contribution in [-0.2, 0) is 4.79 Å². The highest BCUT2D eigenvalue weighted by atomic mass is 19.4. The van der Waals surface area contributed by atoms with E-state index in [4.69, 9.17) is 0 Å². The zero-order valence-corrected chi connectivity index (χ0v) is 11.3. The number of carbonyl (C=O) groups is 1. The molecule has 3 rings (SSSR count). The summed E-state index contributed by atoms with van der Waals surface area (Å²) in [5.41, 5.74) is 0. The minimum absolute atomic E-state index is 0.0329. The van der Waals surface area contributed by atoms with Gasteiger partial charge in [0.15, 0.2) is 0 Å². The fraction of sp³-hybridized carbons (Fsp3) is 0.929. The number of carboxylic acid groups (broad SMARTS) is 1. The van der Waals surface area contributed by atoms with E-state index in [0.717, 1.165) is 19.3 Å². The Balaban J connectivity index is 1.72. The first-order valence-electron chi connectivity index (χ1n) is 7.45. The molecule has 2 saturated heterocycles. The van der Waals surface area contributed by atoms with Crippen LogP contribution in [0.3, 0.4) is 0 Å². The van der Waals surface area contributed by atoms with Crippen molar-refractivity contribution in [2.75, 3.05) is 0 Å². The van der Waals surface area contributed by atoms with Crippen molar-refractivity contribution in [3.05, 3.63) is 0 Å². The predicted octanol–water partition coefficient (Wildman–Crippen LogP) is 3.05. The second kappa shape index (κ2) is 4.90. The molecular weight excluding hydrogens is 271 g/mol. The third-order valence-electron chi connectivity index (χ3n) is 5.44. The summed E-state index contributed by atoms with van der Waals surface area (Å²) in [5, 5.41) is 9.23. The Hall–Kier alpha value is -0.780. The van der Waals surface area contributed by atoms with Crippen molar-refractivity contribution in [2.45, 2.75) is 69.2 Å². The Labute approximate surface area is 116 Å². The highest BCUT2D eigenvalue weighted by molar-refractivity contribution is 5.71. The maximum absolute atomic E-state index is 12.9. The van der Waals surface area contributed by atoms with Gasteiger partial charge in [-0.3, -0.25) is 9.69 Å². The van der Waals surface area contributed by atoms with Gasteiger partial charge >= 0.3 is 12.1 Å². The lowest BCUT2D eigenvalue weighted by Crippen LogP contribution is -2.45. The van der Waals surface area contributed by atoms with E-state index in [2.05, 4.69) is 4.90 Å². The largest absolute Gasteiger partial charge is 0.481 e. The van der Waals surface area contributed by atoms with Gasteiger partial charge in [0.25, 0.3) is 0 Å². The summed E-state index contributed by atoms with van der Waals surface area (Å²) >= 11 is 0. The van der Waals surface area contributed by atoms with Gasteiger partial charge in [-0.2, -0.15) is 13.2 Å². The van der Waals surface area contributed by atoms with E-state index in [-0.39, 0.29) is 36.9 Å². The molecule has 5 unspecified atom stereocenters. The smallest absolute Gasteiger partial charge is 0.391 e. The van der Waals surface area contributed by atoms with Gasteiger partial charge in [0.1, 0.15) is 0 Å². The molecule has 0 spiro atoms. The van der Waals surface area contributed by atoms with Crippen molar-refractivity contribution in [3.63, 3.8) is 0 Å². The molecule has 2 heterocycles. The summed E-state index contributed by atoms with van der Waals surface area (Å²) in [6, 6.07) is 0.0878. The molecule has 3 fully saturated rings. The van der Waals surface area contributed by atoms with Gasteiger partial charge in [0.05, 0.1) is 11.8 Å². The van der Waals surface area contributed by atoms with Gasteiger partial charge in [-0.25, -0.2) is 0 Å². The SMILES string of the molecule is O=C(O)C1CC2CCC1N2C1CCCC(C(F)(F)F)C1. The van der Waals surface area contributed by atoms with Gasteiger partial charge in [-0.1, -0.05) is 6.42 Å². The summed E-state index contributed by atoms with van der Waals surface area (Å²) in [6.07, 6.45) is 0.0517. The fourth-order valence-corrected chi connectivity index (χ4v) is 4.60. The van der Waals surface area contributed by atoms with Crippen molar-refractivity contribution < 1.29 is 23.1 Å². The van der Waals surface area contributed by atoms with Crippen molar-refractivity contribution >= 4 is 5.97 Å². The van der Waals surface area contributed by atoms with E-state index in [1.165, 1.54) is 0 Å². The second-order valence-electron chi connectivity index (χ2n) is 6.49. The quantitative estimate of drug-likeness (QED) is 0.850. The number of rotatable bonds is 2. The Morgan fingerprint density at radius 3 is 2.35 bits per heavy atom. The van der Waals surface area contributed by atoms with Crippen molar-refractivity contribution in [3.8, 4) is 0 Å². The molecule has 5 atom stereocenters. The minimum atomic E-state index is -4.11. The highest BCUT2D eigenvalue weighted by Gasteiger charge is 2.53. The lowest BCUT2D eigenvalue weighted by molar-refractivity contribution is -0.187. The predicted molar refractivity (Wildman–Crippen MR) is 66.2 cm³/mol. The summed E-state index contributed by atoms with van der Waals surface area (Å²) in [5.74, 6) is -2.37. The van der Waals surface area contributed by atoms with E-state index < -0.39 is 18.1 Å². The van der Waals surface area contributed by atoms with Gasteiger partial charge < -0.3 is 5.11 Å². The van der Waals surface area contributed by atoms with Gasteiger partial charge in [0, 0.05) is 18.1 Å². The number of aliphatic carboxylic acids is 1. The van der Waals surface area contributed by atoms with Crippen LogP contribution < -0.4 is 0 Å². The van der Waals surface area contributed by atoms with Crippen LogP contribution >= 0.6 is 0 Å². The molecule has 1 N–H and O–H groups in total.